The van der Waals surface area contributed by atoms with E-state index >= 15 is 0 Å². The molecule has 3 rings (SSSR count). The third-order valence-corrected chi connectivity index (χ3v) is 4.84. The van der Waals surface area contributed by atoms with Gasteiger partial charge in [0.05, 0.1) is 6.04 Å². The number of rotatable bonds is 5. The maximum Gasteiger partial charge on any atom is 0.272 e. The highest BCUT2D eigenvalue weighted by Crippen LogP contribution is 2.15. The topological polar surface area (TPSA) is 62.2 Å². The maximum absolute atomic E-state index is 12.4. The van der Waals surface area contributed by atoms with Crippen molar-refractivity contribution in [2.75, 3.05) is 32.7 Å². The van der Waals surface area contributed by atoms with Gasteiger partial charge in [0, 0.05) is 25.3 Å². The van der Waals surface area contributed by atoms with Crippen molar-refractivity contribution in [2.45, 2.75) is 51.1 Å². The molecule has 3 heterocycles. The fourth-order valence-electron chi connectivity index (χ4n) is 3.59. The van der Waals surface area contributed by atoms with Crippen LogP contribution in [0.4, 0.5) is 0 Å². The van der Waals surface area contributed by atoms with Gasteiger partial charge in [-0.15, -0.1) is 12.4 Å². The van der Waals surface area contributed by atoms with Crippen molar-refractivity contribution >= 4 is 18.3 Å². The molecule has 0 aromatic carbocycles. The average molecular weight is 356 g/mol. The number of halogens is 1. The van der Waals surface area contributed by atoms with Crippen molar-refractivity contribution in [3.8, 4) is 0 Å². The van der Waals surface area contributed by atoms with Crippen molar-refractivity contribution in [3.05, 3.63) is 18.0 Å². The molecule has 1 aromatic heterocycles. The molecule has 2 aliphatic heterocycles. The summed E-state index contributed by atoms with van der Waals surface area (Å²) in [5, 5.41) is 11.0. The van der Waals surface area contributed by atoms with Crippen molar-refractivity contribution in [1.29, 1.82) is 0 Å². The number of carbonyl (C=O) groups excluding carboxylic acids is 1. The third kappa shape index (κ3) is 5.19. The standard InChI is InChI=1S/C17H29N5O.ClH/c1-14(13-21-9-3-2-4-10-21)19-17(23)16-7-11-22(20-16)15-6-5-8-18-12-15;/h7,11,14-15,18H,2-6,8-10,12-13H2,1H3,(H,19,23);1H. The Balaban J connectivity index is 0.00000208. The molecule has 0 radical (unpaired) electrons. The van der Waals surface area contributed by atoms with Gasteiger partial charge in [-0.3, -0.25) is 9.48 Å². The van der Waals surface area contributed by atoms with Crippen LogP contribution in [0.5, 0.6) is 0 Å². The Hall–Kier alpha value is -1.11. The first-order chi connectivity index (χ1) is 11.2. The molecular weight excluding hydrogens is 326 g/mol. The van der Waals surface area contributed by atoms with Crippen LogP contribution in [-0.4, -0.2) is 59.4 Å². The predicted octanol–water partition coefficient (Wildman–Crippen LogP) is 1.83. The van der Waals surface area contributed by atoms with E-state index in [0.717, 1.165) is 39.1 Å². The fourth-order valence-corrected chi connectivity index (χ4v) is 3.59. The van der Waals surface area contributed by atoms with Gasteiger partial charge in [0.1, 0.15) is 5.69 Å². The zero-order valence-electron chi connectivity index (χ0n) is 14.5. The Morgan fingerprint density at radius 1 is 1.38 bits per heavy atom. The molecule has 136 valence electrons. The summed E-state index contributed by atoms with van der Waals surface area (Å²) in [6.07, 6.45) is 8.12. The molecule has 1 aromatic rings. The van der Waals surface area contributed by atoms with Crippen molar-refractivity contribution in [3.63, 3.8) is 0 Å². The lowest BCUT2D eigenvalue weighted by Crippen LogP contribution is -2.43. The van der Waals surface area contributed by atoms with Crippen LogP contribution in [-0.2, 0) is 0 Å². The molecule has 2 fully saturated rings. The van der Waals surface area contributed by atoms with Crippen LogP contribution >= 0.6 is 12.4 Å². The fraction of sp³-hybridized carbons (Fsp3) is 0.765. The van der Waals surface area contributed by atoms with Gasteiger partial charge in [-0.25, -0.2) is 0 Å². The molecule has 7 heteroatoms. The van der Waals surface area contributed by atoms with E-state index in [1.165, 1.54) is 25.7 Å². The minimum Gasteiger partial charge on any atom is -0.347 e. The van der Waals surface area contributed by atoms with Crippen molar-refractivity contribution in [1.82, 2.24) is 25.3 Å². The lowest BCUT2D eigenvalue weighted by molar-refractivity contribution is 0.0919. The number of hydrogen-bond acceptors (Lipinski definition) is 4. The molecule has 2 atom stereocenters. The molecule has 0 saturated carbocycles. The van der Waals surface area contributed by atoms with Crippen molar-refractivity contribution in [2.24, 2.45) is 0 Å². The van der Waals surface area contributed by atoms with E-state index in [1.807, 2.05) is 16.9 Å². The van der Waals surface area contributed by atoms with Crippen LogP contribution in [0.2, 0.25) is 0 Å². The zero-order valence-corrected chi connectivity index (χ0v) is 15.4. The summed E-state index contributed by atoms with van der Waals surface area (Å²) in [4.78, 5) is 14.8. The lowest BCUT2D eigenvalue weighted by atomic mass is 10.1. The highest BCUT2D eigenvalue weighted by molar-refractivity contribution is 5.92. The van der Waals surface area contributed by atoms with Crippen LogP contribution in [0.3, 0.4) is 0 Å². The smallest absolute Gasteiger partial charge is 0.272 e. The molecule has 6 nitrogen and oxygen atoms in total. The number of hydrogen-bond donors (Lipinski definition) is 2. The number of nitrogens with one attached hydrogen (secondary N) is 2. The highest BCUT2D eigenvalue weighted by atomic mass is 35.5. The normalized spacial score (nSPS) is 23.3. The van der Waals surface area contributed by atoms with Crippen LogP contribution in [0.15, 0.2) is 12.3 Å². The molecule has 2 N–H and O–H groups in total. The predicted molar refractivity (Wildman–Crippen MR) is 97.8 cm³/mol. The Labute approximate surface area is 150 Å². The van der Waals surface area contributed by atoms with E-state index in [2.05, 4.69) is 27.6 Å². The minimum atomic E-state index is -0.0583. The van der Waals surface area contributed by atoms with Crippen LogP contribution in [0.1, 0.15) is 55.6 Å². The van der Waals surface area contributed by atoms with Gasteiger partial charge in [0.15, 0.2) is 0 Å². The number of nitrogens with zero attached hydrogens (tertiary/aromatic N) is 3. The number of amides is 1. The monoisotopic (exact) mass is 355 g/mol. The van der Waals surface area contributed by atoms with E-state index in [-0.39, 0.29) is 24.4 Å². The van der Waals surface area contributed by atoms with Gasteiger partial charge in [-0.2, -0.15) is 5.10 Å². The highest BCUT2D eigenvalue weighted by Gasteiger charge is 2.19. The number of piperidine rings is 2. The number of likely N-dealkylation sites (tertiary alicyclic amines) is 1. The van der Waals surface area contributed by atoms with E-state index in [9.17, 15) is 4.79 Å². The first-order valence-electron chi connectivity index (χ1n) is 9.01. The van der Waals surface area contributed by atoms with Crippen molar-refractivity contribution < 1.29 is 4.79 Å². The summed E-state index contributed by atoms with van der Waals surface area (Å²) in [5.41, 5.74) is 0.529. The second kappa shape index (κ2) is 9.39. The van der Waals surface area contributed by atoms with E-state index < -0.39 is 0 Å². The minimum absolute atomic E-state index is 0. The SMILES string of the molecule is CC(CN1CCCCC1)NC(=O)c1ccn(C2CCCNC2)n1.Cl. The Bertz CT molecular complexity index is 509. The van der Waals surface area contributed by atoms with Gasteiger partial charge < -0.3 is 15.5 Å². The van der Waals surface area contributed by atoms with Crippen LogP contribution in [0.25, 0.3) is 0 Å². The summed E-state index contributed by atoms with van der Waals surface area (Å²) in [6.45, 7) is 7.34. The average Bonchev–Trinajstić information content (AvgIpc) is 3.06. The van der Waals surface area contributed by atoms with Gasteiger partial charge >= 0.3 is 0 Å². The molecule has 0 spiro atoms. The van der Waals surface area contributed by atoms with Gasteiger partial charge in [0.25, 0.3) is 5.91 Å². The Morgan fingerprint density at radius 2 is 2.17 bits per heavy atom. The molecule has 0 aliphatic carbocycles. The first-order valence-corrected chi connectivity index (χ1v) is 9.01. The van der Waals surface area contributed by atoms with Gasteiger partial charge in [-0.1, -0.05) is 6.42 Å². The summed E-state index contributed by atoms with van der Waals surface area (Å²) in [7, 11) is 0. The van der Waals surface area contributed by atoms with Gasteiger partial charge in [0.2, 0.25) is 0 Å². The molecule has 24 heavy (non-hydrogen) atoms. The van der Waals surface area contributed by atoms with E-state index in [0.29, 0.717) is 11.7 Å². The quantitative estimate of drug-likeness (QED) is 0.846. The second-order valence-electron chi connectivity index (χ2n) is 6.92. The van der Waals surface area contributed by atoms with E-state index in [1.54, 1.807) is 0 Å². The summed E-state index contributed by atoms with van der Waals surface area (Å²) >= 11 is 0. The van der Waals surface area contributed by atoms with Crippen LogP contribution in [0, 0.1) is 0 Å². The van der Waals surface area contributed by atoms with E-state index in [4.69, 9.17) is 0 Å². The lowest BCUT2D eigenvalue weighted by Gasteiger charge is -2.29. The summed E-state index contributed by atoms with van der Waals surface area (Å²) in [5.74, 6) is -0.0583. The third-order valence-electron chi connectivity index (χ3n) is 4.84. The molecule has 0 bridgehead atoms. The summed E-state index contributed by atoms with van der Waals surface area (Å²) < 4.78 is 1.94. The van der Waals surface area contributed by atoms with Crippen LogP contribution < -0.4 is 10.6 Å². The maximum atomic E-state index is 12.4. The molecular formula is C17H30ClN5O. The Morgan fingerprint density at radius 3 is 2.88 bits per heavy atom. The molecule has 2 saturated heterocycles. The van der Waals surface area contributed by atoms with Gasteiger partial charge in [-0.05, 0) is 58.3 Å². The Kier molecular flexibility index (Phi) is 7.52. The zero-order chi connectivity index (χ0) is 16.1. The summed E-state index contributed by atoms with van der Waals surface area (Å²) in [6, 6.07) is 2.36. The molecule has 2 aliphatic rings. The molecule has 2 unspecified atom stereocenters. The number of aromatic nitrogens is 2. The first kappa shape index (κ1) is 19.2. The molecule has 1 amide bonds. The largest absolute Gasteiger partial charge is 0.347 e. The number of carbonyl (C=O) groups is 1. The second-order valence-corrected chi connectivity index (χ2v) is 6.92.